The Morgan fingerprint density at radius 3 is 2.41 bits per heavy atom. The molecule has 0 radical (unpaired) electrons. The van der Waals surface area contributed by atoms with Crippen molar-refractivity contribution in [3.63, 3.8) is 0 Å². The molecule has 5 atom stereocenters. The zero-order chi connectivity index (χ0) is 15.7. The van der Waals surface area contributed by atoms with E-state index in [0.717, 1.165) is 10.9 Å². The van der Waals surface area contributed by atoms with E-state index in [9.17, 15) is 20.4 Å². The van der Waals surface area contributed by atoms with Crippen LogP contribution in [0.5, 0.6) is 0 Å². The Hall–Kier alpha value is -1.57. The molecule has 2 aromatic rings. The topological polar surface area (TPSA) is 103 Å². The number of nitrogens with zero attached hydrogens (tertiary/aromatic N) is 1. The zero-order valence-corrected chi connectivity index (χ0v) is 11.9. The molecule has 1 aliphatic heterocycles. The number of aliphatic hydroxyl groups excluding tert-OH is 4. The molecule has 4 N–H and O–H groups in total. The van der Waals surface area contributed by atoms with E-state index < -0.39 is 37.1 Å². The highest BCUT2D eigenvalue weighted by Crippen LogP contribution is 2.24. The van der Waals surface area contributed by atoms with Crippen LogP contribution in [0.1, 0.15) is 5.69 Å². The van der Waals surface area contributed by atoms with Crippen LogP contribution in [0.3, 0.4) is 0 Å². The number of hydrogen-bond acceptors (Lipinski definition) is 6. The SMILES string of the molecule is OC[C@@H]1O[C@@H](Cc2ccc3ccccc3n2)[C@@H](O)[C@H](O)[C@H]1O. The largest absolute Gasteiger partial charge is 0.394 e. The summed E-state index contributed by atoms with van der Waals surface area (Å²) in [6.45, 7) is -0.424. The van der Waals surface area contributed by atoms with Gasteiger partial charge in [0.25, 0.3) is 0 Å². The summed E-state index contributed by atoms with van der Waals surface area (Å²) < 4.78 is 5.50. The van der Waals surface area contributed by atoms with Gasteiger partial charge in [0.15, 0.2) is 0 Å². The molecule has 118 valence electrons. The van der Waals surface area contributed by atoms with Crippen molar-refractivity contribution in [2.75, 3.05) is 6.61 Å². The molecule has 2 heterocycles. The Bertz CT molecular complexity index is 647. The summed E-state index contributed by atoms with van der Waals surface area (Å²) in [5.41, 5.74) is 1.55. The van der Waals surface area contributed by atoms with Gasteiger partial charge in [0.05, 0.1) is 18.2 Å². The molecule has 0 aliphatic carbocycles. The fraction of sp³-hybridized carbons (Fsp3) is 0.438. The van der Waals surface area contributed by atoms with Crippen molar-refractivity contribution >= 4 is 10.9 Å². The highest BCUT2D eigenvalue weighted by Gasteiger charge is 2.43. The highest BCUT2D eigenvalue weighted by atomic mass is 16.5. The summed E-state index contributed by atoms with van der Waals surface area (Å²) >= 11 is 0. The number of benzene rings is 1. The minimum atomic E-state index is -1.35. The van der Waals surface area contributed by atoms with Crippen molar-refractivity contribution in [2.24, 2.45) is 0 Å². The summed E-state index contributed by atoms with van der Waals surface area (Å²) in [7, 11) is 0. The van der Waals surface area contributed by atoms with Crippen LogP contribution in [0.25, 0.3) is 10.9 Å². The number of ether oxygens (including phenoxy) is 1. The van der Waals surface area contributed by atoms with E-state index in [0.29, 0.717) is 5.69 Å². The average Bonchev–Trinajstić information content (AvgIpc) is 2.55. The lowest BCUT2D eigenvalue weighted by Crippen LogP contribution is -2.59. The Balaban J connectivity index is 1.80. The molecule has 6 heteroatoms. The van der Waals surface area contributed by atoms with Gasteiger partial charge in [-0.1, -0.05) is 24.3 Å². The third-order valence-electron chi connectivity index (χ3n) is 4.06. The van der Waals surface area contributed by atoms with E-state index in [2.05, 4.69) is 4.98 Å². The molecule has 3 rings (SSSR count). The van der Waals surface area contributed by atoms with E-state index in [1.807, 2.05) is 36.4 Å². The Morgan fingerprint density at radius 2 is 1.64 bits per heavy atom. The Kier molecular flexibility index (Phi) is 4.37. The summed E-state index contributed by atoms with van der Waals surface area (Å²) in [6, 6.07) is 11.5. The number of hydrogen-bond donors (Lipinski definition) is 4. The molecule has 0 amide bonds. The third kappa shape index (κ3) is 2.84. The fourth-order valence-corrected chi connectivity index (χ4v) is 2.78. The molecule has 0 saturated carbocycles. The predicted molar refractivity (Wildman–Crippen MR) is 79.2 cm³/mol. The molecule has 1 aromatic heterocycles. The maximum atomic E-state index is 10.1. The van der Waals surface area contributed by atoms with Gasteiger partial charge < -0.3 is 25.2 Å². The van der Waals surface area contributed by atoms with Gasteiger partial charge in [-0.25, -0.2) is 0 Å². The van der Waals surface area contributed by atoms with Gasteiger partial charge in [-0.2, -0.15) is 0 Å². The number of rotatable bonds is 3. The van der Waals surface area contributed by atoms with Crippen LogP contribution in [0.15, 0.2) is 36.4 Å². The summed E-state index contributed by atoms with van der Waals surface area (Å²) in [6.07, 6.45) is -5.25. The summed E-state index contributed by atoms with van der Waals surface area (Å²) in [4.78, 5) is 4.50. The van der Waals surface area contributed by atoms with E-state index in [1.54, 1.807) is 0 Å². The number of pyridine rings is 1. The molecular formula is C16H19NO5. The van der Waals surface area contributed by atoms with Crippen molar-refractivity contribution in [2.45, 2.75) is 36.9 Å². The third-order valence-corrected chi connectivity index (χ3v) is 4.06. The van der Waals surface area contributed by atoms with E-state index in [1.165, 1.54) is 0 Å². The first-order valence-electron chi connectivity index (χ1n) is 7.25. The first kappa shape index (κ1) is 15.3. The normalized spacial score (nSPS) is 32.3. The molecule has 1 fully saturated rings. The minimum absolute atomic E-state index is 0.284. The van der Waals surface area contributed by atoms with Crippen LogP contribution in [0.4, 0.5) is 0 Å². The van der Waals surface area contributed by atoms with Crippen LogP contribution in [-0.4, -0.2) is 62.5 Å². The molecule has 6 nitrogen and oxygen atoms in total. The van der Waals surface area contributed by atoms with Crippen LogP contribution in [0.2, 0.25) is 0 Å². The number of aromatic nitrogens is 1. The van der Waals surface area contributed by atoms with Gasteiger partial charge in [-0.15, -0.1) is 0 Å². The second-order valence-electron chi connectivity index (χ2n) is 5.57. The predicted octanol–water partition coefficient (Wildman–Crippen LogP) is -0.380. The van der Waals surface area contributed by atoms with Gasteiger partial charge in [-0.05, 0) is 12.1 Å². The van der Waals surface area contributed by atoms with Crippen LogP contribution in [-0.2, 0) is 11.2 Å². The van der Waals surface area contributed by atoms with Crippen molar-refractivity contribution in [1.82, 2.24) is 4.98 Å². The van der Waals surface area contributed by atoms with Crippen LogP contribution >= 0.6 is 0 Å². The monoisotopic (exact) mass is 305 g/mol. The molecular weight excluding hydrogens is 286 g/mol. The van der Waals surface area contributed by atoms with Crippen molar-refractivity contribution < 1.29 is 25.2 Å². The highest BCUT2D eigenvalue weighted by molar-refractivity contribution is 5.78. The van der Waals surface area contributed by atoms with Crippen molar-refractivity contribution in [3.8, 4) is 0 Å². The molecule has 1 saturated heterocycles. The minimum Gasteiger partial charge on any atom is -0.394 e. The Labute approximate surface area is 127 Å². The fourth-order valence-electron chi connectivity index (χ4n) is 2.78. The summed E-state index contributed by atoms with van der Waals surface area (Å²) in [5, 5.41) is 39.8. The van der Waals surface area contributed by atoms with Crippen molar-refractivity contribution in [3.05, 3.63) is 42.1 Å². The molecule has 0 bridgehead atoms. The van der Waals surface area contributed by atoms with E-state index in [-0.39, 0.29) is 6.42 Å². The number of para-hydroxylation sites is 1. The molecule has 0 spiro atoms. The van der Waals surface area contributed by atoms with Gasteiger partial charge in [0.2, 0.25) is 0 Å². The van der Waals surface area contributed by atoms with Crippen LogP contribution < -0.4 is 0 Å². The quantitative estimate of drug-likeness (QED) is 0.616. The van der Waals surface area contributed by atoms with Gasteiger partial charge in [0.1, 0.15) is 24.4 Å². The van der Waals surface area contributed by atoms with E-state index in [4.69, 9.17) is 4.74 Å². The van der Waals surface area contributed by atoms with Gasteiger partial charge in [0, 0.05) is 17.5 Å². The standard InChI is InChI=1S/C16H19NO5/c18-8-13-15(20)16(21)14(19)12(22-13)7-10-6-5-9-3-1-2-4-11(9)17-10/h1-6,12-16,18-21H,7-8H2/t12-,13-,14+,15-,16-/m0/s1. The zero-order valence-electron chi connectivity index (χ0n) is 11.9. The maximum absolute atomic E-state index is 10.1. The van der Waals surface area contributed by atoms with Crippen LogP contribution in [0, 0.1) is 0 Å². The van der Waals surface area contributed by atoms with Crippen molar-refractivity contribution in [1.29, 1.82) is 0 Å². The average molecular weight is 305 g/mol. The first-order valence-corrected chi connectivity index (χ1v) is 7.25. The molecule has 1 aliphatic rings. The lowest BCUT2D eigenvalue weighted by Gasteiger charge is -2.40. The van der Waals surface area contributed by atoms with E-state index >= 15 is 0 Å². The lowest BCUT2D eigenvalue weighted by molar-refractivity contribution is -0.228. The molecule has 0 unspecified atom stereocenters. The second kappa shape index (κ2) is 6.28. The first-order chi connectivity index (χ1) is 10.6. The van der Waals surface area contributed by atoms with Gasteiger partial charge >= 0.3 is 0 Å². The number of fused-ring (bicyclic) bond motifs is 1. The maximum Gasteiger partial charge on any atom is 0.111 e. The second-order valence-corrected chi connectivity index (χ2v) is 5.57. The Morgan fingerprint density at radius 1 is 0.909 bits per heavy atom. The molecule has 1 aromatic carbocycles. The lowest BCUT2D eigenvalue weighted by atomic mass is 9.92. The smallest absolute Gasteiger partial charge is 0.111 e. The number of aliphatic hydroxyl groups is 4. The summed E-state index contributed by atoms with van der Waals surface area (Å²) in [5.74, 6) is 0. The molecule has 22 heavy (non-hydrogen) atoms. The van der Waals surface area contributed by atoms with Gasteiger partial charge in [-0.3, -0.25) is 4.98 Å².